The normalized spacial score (nSPS) is 13.7. The highest BCUT2D eigenvalue weighted by molar-refractivity contribution is 7.89. The van der Waals surface area contributed by atoms with Crippen LogP contribution < -0.4 is 19.5 Å². The van der Waals surface area contributed by atoms with Gasteiger partial charge in [0.15, 0.2) is 11.5 Å². The van der Waals surface area contributed by atoms with Crippen molar-refractivity contribution in [3.8, 4) is 11.5 Å². The third-order valence-corrected chi connectivity index (χ3v) is 6.36. The van der Waals surface area contributed by atoms with Gasteiger partial charge in [-0.15, -0.1) is 0 Å². The average molecular weight is 463 g/mol. The highest BCUT2D eigenvalue weighted by atomic mass is 35.5. The topological polar surface area (TPSA) is 107 Å². The van der Waals surface area contributed by atoms with Crippen LogP contribution in [0, 0.1) is 0 Å². The Hall–Kier alpha value is -3.01. The van der Waals surface area contributed by atoms with E-state index >= 15 is 0 Å². The number of amides is 1. The van der Waals surface area contributed by atoms with E-state index in [0.717, 1.165) is 5.56 Å². The largest absolute Gasteiger partial charge is 0.468 e. The van der Waals surface area contributed by atoms with E-state index in [1.165, 1.54) is 30.5 Å². The third kappa shape index (κ3) is 5.19. The van der Waals surface area contributed by atoms with Gasteiger partial charge >= 0.3 is 0 Å². The zero-order chi connectivity index (χ0) is 21.8. The molecule has 2 heterocycles. The number of furan rings is 1. The van der Waals surface area contributed by atoms with Crippen LogP contribution in [0.5, 0.6) is 11.5 Å². The first kappa shape index (κ1) is 21.2. The molecule has 0 spiro atoms. The van der Waals surface area contributed by atoms with E-state index in [-0.39, 0.29) is 30.6 Å². The smallest absolute Gasteiger partial charge is 0.241 e. The van der Waals surface area contributed by atoms with Gasteiger partial charge in [-0.1, -0.05) is 17.7 Å². The summed E-state index contributed by atoms with van der Waals surface area (Å²) in [5.41, 5.74) is 0.828. The number of hydrogen-bond acceptors (Lipinski definition) is 6. The van der Waals surface area contributed by atoms with Crippen LogP contribution in [0.3, 0.4) is 0 Å². The molecule has 0 radical (unpaired) electrons. The van der Waals surface area contributed by atoms with E-state index in [9.17, 15) is 13.2 Å². The van der Waals surface area contributed by atoms with E-state index in [0.29, 0.717) is 22.3 Å². The van der Waals surface area contributed by atoms with Crippen molar-refractivity contribution >= 4 is 27.5 Å². The van der Waals surface area contributed by atoms with Crippen molar-refractivity contribution in [3.63, 3.8) is 0 Å². The zero-order valence-corrected chi connectivity index (χ0v) is 17.8. The maximum atomic E-state index is 12.8. The maximum absolute atomic E-state index is 12.8. The summed E-state index contributed by atoms with van der Waals surface area (Å²) in [6.07, 6.45) is 1.27. The lowest BCUT2D eigenvalue weighted by Crippen LogP contribution is -2.33. The highest BCUT2D eigenvalue weighted by Gasteiger charge is 2.25. The summed E-state index contributed by atoms with van der Waals surface area (Å²) in [6.45, 7) is 0.425. The van der Waals surface area contributed by atoms with Crippen molar-refractivity contribution in [2.24, 2.45) is 0 Å². The van der Waals surface area contributed by atoms with Crippen LogP contribution in [0.4, 0.5) is 0 Å². The SMILES string of the molecule is O=C(C[C@H](NS(=O)(=O)c1ccc(Cl)cc1)c1ccco1)NCc1ccc2c(c1)OCO2. The number of carbonyl (C=O) groups excluding carboxylic acids is 1. The van der Waals surface area contributed by atoms with Crippen molar-refractivity contribution in [1.29, 1.82) is 0 Å². The Kier molecular flexibility index (Phi) is 6.17. The first-order valence-corrected chi connectivity index (χ1v) is 11.2. The van der Waals surface area contributed by atoms with Crippen molar-refractivity contribution in [3.05, 3.63) is 77.2 Å². The number of ether oxygens (including phenoxy) is 2. The molecular weight excluding hydrogens is 444 g/mol. The second-order valence-corrected chi connectivity index (χ2v) is 8.96. The van der Waals surface area contributed by atoms with Crippen LogP contribution in [-0.4, -0.2) is 21.1 Å². The molecule has 0 fully saturated rings. The summed E-state index contributed by atoms with van der Waals surface area (Å²) in [5, 5.41) is 3.21. The first-order valence-electron chi connectivity index (χ1n) is 9.37. The van der Waals surface area contributed by atoms with Crippen molar-refractivity contribution in [2.75, 3.05) is 6.79 Å². The van der Waals surface area contributed by atoms with E-state index in [1.54, 1.807) is 24.3 Å². The number of hydrogen-bond donors (Lipinski definition) is 2. The Morgan fingerprint density at radius 2 is 1.84 bits per heavy atom. The maximum Gasteiger partial charge on any atom is 0.241 e. The van der Waals surface area contributed by atoms with Crippen LogP contribution in [-0.2, 0) is 21.4 Å². The lowest BCUT2D eigenvalue weighted by molar-refractivity contribution is -0.121. The summed E-state index contributed by atoms with van der Waals surface area (Å²) >= 11 is 5.84. The molecule has 10 heteroatoms. The van der Waals surface area contributed by atoms with E-state index in [1.807, 2.05) is 6.07 Å². The summed E-state index contributed by atoms with van der Waals surface area (Å²) in [5.74, 6) is 1.26. The Labute approximate surface area is 184 Å². The summed E-state index contributed by atoms with van der Waals surface area (Å²) in [7, 11) is -3.90. The minimum atomic E-state index is -3.90. The molecule has 1 aliphatic rings. The van der Waals surface area contributed by atoms with E-state index < -0.39 is 16.1 Å². The predicted molar refractivity (Wildman–Crippen MR) is 112 cm³/mol. The number of nitrogens with one attached hydrogen (secondary N) is 2. The molecule has 1 aliphatic heterocycles. The van der Waals surface area contributed by atoms with Crippen LogP contribution in [0.25, 0.3) is 0 Å². The molecule has 3 aromatic rings. The van der Waals surface area contributed by atoms with Crippen LogP contribution in [0.2, 0.25) is 5.02 Å². The van der Waals surface area contributed by atoms with Gasteiger partial charge in [-0.25, -0.2) is 8.42 Å². The van der Waals surface area contributed by atoms with Crippen LogP contribution >= 0.6 is 11.6 Å². The van der Waals surface area contributed by atoms with Gasteiger partial charge in [0.05, 0.1) is 23.6 Å². The monoisotopic (exact) mass is 462 g/mol. The molecule has 0 bridgehead atoms. The molecular formula is C21H19ClN2O6S. The zero-order valence-electron chi connectivity index (χ0n) is 16.2. The lowest BCUT2D eigenvalue weighted by atomic mass is 10.1. The molecule has 1 atom stereocenters. The van der Waals surface area contributed by atoms with Gasteiger partial charge in [-0.2, -0.15) is 4.72 Å². The molecule has 162 valence electrons. The molecule has 0 aliphatic carbocycles. The van der Waals surface area contributed by atoms with Crippen LogP contribution in [0.15, 0.2) is 70.2 Å². The second kappa shape index (κ2) is 9.01. The van der Waals surface area contributed by atoms with Gasteiger partial charge in [0.2, 0.25) is 22.7 Å². The van der Waals surface area contributed by atoms with Gasteiger partial charge in [-0.3, -0.25) is 4.79 Å². The van der Waals surface area contributed by atoms with Crippen molar-refractivity contribution in [1.82, 2.24) is 10.0 Å². The molecule has 8 nitrogen and oxygen atoms in total. The Morgan fingerprint density at radius 1 is 1.06 bits per heavy atom. The quantitative estimate of drug-likeness (QED) is 0.531. The molecule has 1 aromatic heterocycles. The Balaban J connectivity index is 1.43. The molecule has 31 heavy (non-hydrogen) atoms. The predicted octanol–water partition coefficient (Wildman–Crippen LogP) is 3.39. The first-order chi connectivity index (χ1) is 14.9. The minimum Gasteiger partial charge on any atom is -0.468 e. The molecule has 0 saturated carbocycles. The van der Waals surface area contributed by atoms with Gasteiger partial charge in [0, 0.05) is 11.6 Å². The lowest BCUT2D eigenvalue weighted by Gasteiger charge is -2.17. The highest BCUT2D eigenvalue weighted by Crippen LogP contribution is 2.32. The van der Waals surface area contributed by atoms with Crippen molar-refractivity contribution in [2.45, 2.75) is 23.9 Å². The number of rotatable bonds is 8. The van der Waals surface area contributed by atoms with E-state index in [4.69, 9.17) is 25.5 Å². The summed E-state index contributed by atoms with van der Waals surface area (Å²) < 4.78 is 44.0. The number of carbonyl (C=O) groups is 1. The summed E-state index contributed by atoms with van der Waals surface area (Å²) in [6, 6.07) is 13.5. The number of fused-ring (bicyclic) bond motifs is 1. The standard InChI is InChI=1S/C21H19ClN2O6S/c22-15-4-6-16(7-5-15)31(26,27)24-17(18-2-1-9-28-18)11-21(25)23-12-14-3-8-19-20(10-14)30-13-29-19/h1-10,17,24H,11-13H2,(H,23,25)/t17-/m0/s1. The molecule has 0 saturated heterocycles. The number of halogens is 1. The Bertz CT molecular complexity index is 1160. The Morgan fingerprint density at radius 3 is 2.58 bits per heavy atom. The molecule has 4 rings (SSSR count). The minimum absolute atomic E-state index is 0.0363. The second-order valence-electron chi connectivity index (χ2n) is 6.81. The van der Waals surface area contributed by atoms with Gasteiger partial charge < -0.3 is 19.2 Å². The molecule has 2 N–H and O–H groups in total. The van der Waals surface area contributed by atoms with E-state index in [2.05, 4.69) is 10.0 Å². The van der Waals surface area contributed by atoms with Gasteiger partial charge in [0.1, 0.15) is 5.76 Å². The fourth-order valence-corrected chi connectivity index (χ4v) is 4.40. The van der Waals surface area contributed by atoms with Gasteiger partial charge in [0.25, 0.3) is 0 Å². The number of sulfonamides is 1. The summed E-state index contributed by atoms with van der Waals surface area (Å²) in [4.78, 5) is 12.6. The van der Waals surface area contributed by atoms with Crippen LogP contribution in [0.1, 0.15) is 23.8 Å². The van der Waals surface area contributed by atoms with Crippen molar-refractivity contribution < 1.29 is 27.1 Å². The fraction of sp³-hybridized carbons (Fsp3) is 0.190. The molecule has 2 aromatic carbocycles. The third-order valence-electron chi connectivity index (χ3n) is 4.62. The molecule has 1 amide bonds. The number of benzene rings is 2. The molecule has 0 unspecified atom stereocenters. The average Bonchev–Trinajstić information content (AvgIpc) is 3.43. The van der Waals surface area contributed by atoms with Gasteiger partial charge in [-0.05, 0) is 54.1 Å². The fourth-order valence-electron chi connectivity index (χ4n) is 3.07.